The number of hydrogen-bond donors (Lipinski definition) is 2. The average Bonchev–Trinajstić information content (AvgIpc) is 3.08. The number of ether oxygens (including phenoxy) is 1. The van der Waals surface area contributed by atoms with Crippen molar-refractivity contribution >= 4 is 18.1 Å². The lowest BCUT2D eigenvalue weighted by molar-refractivity contribution is -0.121. The number of aromatic nitrogens is 3. The van der Waals surface area contributed by atoms with Crippen LogP contribution in [0.2, 0.25) is 0 Å². The summed E-state index contributed by atoms with van der Waals surface area (Å²) in [5.41, 5.74) is 2.18. The van der Waals surface area contributed by atoms with Crippen LogP contribution in [0.3, 0.4) is 0 Å². The highest BCUT2D eigenvalue weighted by Crippen LogP contribution is 2.20. The summed E-state index contributed by atoms with van der Waals surface area (Å²) in [5, 5.41) is 10.1. The topological polar surface area (TPSA) is 71.9 Å². The van der Waals surface area contributed by atoms with Crippen molar-refractivity contribution in [2.75, 3.05) is 13.2 Å². The van der Waals surface area contributed by atoms with Crippen LogP contribution in [0.15, 0.2) is 24.3 Å². The molecular weight excluding hydrogens is 372 g/mol. The number of amides is 1. The Morgan fingerprint density at radius 1 is 1.29 bits per heavy atom. The number of aryl methyl sites for hydroxylation is 1. The zero-order valence-corrected chi connectivity index (χ0v) is 17.4. The van der Waals surface area contributed by atoms with Crippen molar-refractivity contribution < 1.29 is 9.53 Å². The van der Waals surface area contributed by atoms with Gasteiger partial charge in [-0.25, -0.2) is 0 Å². The quantitative estimate of drug-likeness (QED) is 0.488. The maximum absolute atomic E-state index is 12.2. The van der Waals surface area contributed by atoms with E-state index in [2.05, 4.69) is 15.5 Å². The van der Waals surface area contributed by atoms with Crippen LogP contribution in [0.25, 0.3) is 11.4 Å². The molecule has 152 valence electrons. The van der Waals surface area contributed by atoms with Crippen LogP contribution in [-0.4, -0.2) is 39.9 Å². The monoisotopic (exact) mass is 402 g/mol. The van der Waals surface area contributed by atoms with Crippen molar-refractivity contribution in [3.63, 3.8) is 0 Å². The molecule has 2 aromatic rings. The maximum atomic E-state index is 12.2. The van der Waals surface area contributed by atoms with Gasteiger partial charge in [0.2, 0.25) is 5.91 Å². The number of carbonyl (C=O) groups excluding carboxylic acids is 1. The fourth-order valence-corrected chi connectivity index (χ4v) is 3.76. The molecule has 0 radical (unpaired) electrons. The maximum Gasteiger partial charge on any atom is 0.221 e. The Balaban J connectivity index is 1.40. The average molecular weight is 403 g/mol. The molecule has 1 aromatic heterocycles. The van der Waals surface area contributed by atoms with Gasteiger partial charge in [0.25, 0.3) is 0 Å². The molecule has 2 N–H and O–H groups in total. The van der Waals surface area contributed by atoms with E-state index in [4.69, 9.17) is 17.0 Å². The SMILES string of the molecule is Cc1ccc(-c2n[nH]c(=S)n2CCC(=O)NCCCOC2CCCCC2)cc1. The Bertz CT molecular complexity index is 807. The summed E-state index contributed by atoms with van der Waals surface area (Å²) < 4.78 is 8.30. The summed E-state index contributed by atoms with van der Waals surface area (Å²) in [4.78, 5) is 12.2. The second-order valence-corrected chi connectivity index (χ2v) is 7.84. The molecule has 1 heterocycles. The Kier molecular flexibility index (Phi) is 7.80. The first-order valence-electron chi connectivity index (χ1n) is 10.2. The zero-order chi connectivity index (χ0) is 19.8. The van der Waals surface area contributed by atoms with Gasteiger partial charge in [0.15, 0.2) is 10.6 Å². The normalized spacial score (nSPS) is 14.9. The van der Waals surface area contributed by atoms with Crippen molar-refractivity contribution in [1.82, 2.24) is 20.1 Å². The number of H-pyrrole nitrogens is 1. The second kappa shape index (κ2) is 10.5. The number of carbonyl (C=O) groups is 1. The van der Waals surface area contributed by atoms with E-state index in [0.29, 0.717) is 30.4 Å². The minimum absolute atomic E-state index is 0.0237. The van der Waals surface area contributed by atoms with Gasteiger partial charge < -0.3 is 10.1 Å². The molecular formula is C21H30N4O2S. The van der Waals surface area contributed by atoms with Crippen molar-refractivity contribution in [2.45, 2.75) is 64.5 Å². The highest BCUT2D eigenvalue weighted by Gasteiger charge is 2.13. The van der Waals surface area contributed by atoms with E-state index in [1.54, 1.807) is 0 Å². The van der Waals surface area contributed by atoms with Crippen LogP contribution in [0.1, 0.15) is 50.5 Å². The third-order valence-corrected chi connectivity index (χ3v) is 5.49. The first kappa shape index (κ1) is 20.7. The summed E-state index contributed by atoms with van der Waals surface area (Å²) in [7, 11) is 0. The number of benzene rings is 1. The predicted octanol–water partition coefficient (Wildman–Crippen LogP) is 4.16. The van der Waals surface area contributed by atoms with Crippen molar-refractivity contribution in [2.24, 2.45) is 0 Å². The third kappa shape index (κ3) is 6.01. The molecule has 0 unspecified atom stereocenters. The molecule has 7 heteroatoms. The lowest BCUT2D eigenvalue weighted by Gasteiger charge is -2.21. The van der Waals surface area contributed by atoms with Gasteiger partial charge in [0, 0.05) is 31.7 Å². The van der Waals surface area contributed by atoms with Gasteiger partial charge in [0.1, 0.15) is 0 Å². The summed E-state index contributed by atoms with van der Waals surface area (Å²) in [5.74, 6) is 0.786. The molecule has 3 rings (SSSR count). The molecule has 0 atom stereocenters. The van der Waals surface area contributed by atoms with Crippen LogP contribution in [-0.2, 0) is 16.1 Å². The van der Waals surface area contributed by atoms with Gasteiger partial charge in [-0.05, 0) is 38.4 Å². The van der Waals surface area contributed by atoms with E-state index in [1.807, 2.05) is 35.8 Å². The summed E-state index contributed by atoms with van der Waals surface area (Å²) in [6, 6.07) is 8.12. The molecule has 6 nitrogen and oxygen atoms in total. The first-order valence-corrected chi connectivity index (χ1v) is 10.6. The van der Waals surface area contributed by atoms with Gasteiger partial charge in [-0.2, -0.15) is 5.10 Å². The van der Waals surface area contributed by atoms with Gasteiger partial charge in [0.05, 0.1) is 6.10 Å². The van der Waals surface area contributed by atoms with E-state index in [9.17, 15) is 4.79 Å². The van der Waals surface area contributed by atoms with Gasteiger partial charge >= 0.3 is 0 Å². The Morgan fingerprint density at radius 3 is 2.79 bits per heavy atom. The minimum Gasteiger partial charge on any atom is -0.378 e. The molecule has 0 spiro atoms. The van der Waals surface area contributed by atoms with E-state index in [-0.39, 0.29) is 5.91 Å². The Hall–Kier alpha value is -1.99. The van der Waals surface area contributed by atoms with Crippen LogP contribution >= 0.6 is 12.2 Å². The highest BCUT2D eigenvalue weighted by molar-refractivity contribution is 7.71. The number of aromatic amines is 1. The summed E-state index contributed by atoms with van der Waals surface area (Å²) >= 11 is 5.33. The highest BCUT2D eigenvalue weighted by atomic mass is 32.1. The van der Waals surface area contributed by atoms with E-state index >= 15 is 0 Å². The van der Waals surface area contributed by atoms with E-state index in [1.165, 1.54) is 37.7 Å². The molecule has 1 saturated carbocycles. The third-order valence-electron chi connectivity index (χ3n) is 5.18. The second-order valence-electron chi connectivity index (χ2n) is 7.45. The van der Waals surface area contributed by atoms with Crippen molar-refractivity contribution in [3.8, 4) is 11.4 Å². The Labute approximate surface area is 171 Å². The smallest absolute Gasteiger partial charge is 0.221 e. The summed E-state index contributed by atoms with van der Waals surface area (Å²) in [6.45, 7) is 3.91. The largest absolute Gasteiger partial charge is 0.378 e. The van der Waals surface area contributed by atoms with E-state index < -0.39 is 0 Å². The molecule has 1 fully saturated rings. The van der Waals surface area contributed by atoms with Gasteiger partial charge in [-0.15, -0.1) is 0 Å². The number of nitrogens with one attached hydrogen (secondary N) is 2. The molecule has 28 heavy (non-hydrogen) atoms. The van der Waals surface area contributed by atoms with Crippen LogP contribution in [0, 0.1) is 11.7 Å². The fraction of sp³-hybridized carbons (Fsp3) is 0.571. The molecule has 0 aliphatic heterocycles. The molecule has 1 aliphatic rings. The molecule has 0 saturated heterocycles. The molecule has 1 aliphatic carbocycles. The van der Waals surface area contributed by atoms with Crippen molar-refractivity contribution in [1.29, 1.82) is 0 Å². The number of hydrogen-bond acceptors (Lipinski definition) is 4. The van der Waals surface area contributed by atoms with Crippen molar-refractivity contribution in [3.05, 3.63) is 34.6 Å². The molecule has 1 amide bonds. The lowest BCUT2D eigenvalue weighted by atomic mass is 9.98. The predicted molar refractivity (Wildman–Crippen MR) is 113 cm³/mol. The fourth-order valence-electron chi connectivity index (χ4n) is 3.53. The number of rotatable bonds is 9. The molecule has 1 aromatic carbocycles. The minimum atomic E-state index is 0.0237. The Morgan fingerprint density at radius 2 is 2.04 bits per heavy atom. The van der Waals surface area contributed by atoms with Gasteiger partial charge in [-0.3, -0.25) is 14.5 Å². The van der Waals surface area contributed by atoms with E-state index in [0.717, 1.165) is 24.4 Å². The van der Waals surface area contributed by atoms with Crippen LogP contribution < -0.4 is 5.32 Å². The number of nitrogens with zero attached hydrogens (tertiary/aromatic N) is 2. The first-order chi connectivity index (χ1) is 13.6. The van der Waals surface area contributed by atoms with Crippen LogP contribution in [0.4, 0.5) is 0 Å². The zero-order valence-electron chi connectivity index (χ0n) is 16.6. The lowest BCUT2D eigenvalue weighted by Crippen LogP contribution is -2.27. The summed E-state index contributed by atoms with van der Waals surface area (Å²) in [6.07, 6.45) is 7.90. The van der Waals surface area contributed by atoms with Gasteiger partial charge in [-0.1, -0.05) is 49.1 Å². The van der Waals surface area contributed by atoms with Crippen LogP contribution in [0.5, 0.6) is 0 Å². The standard InChI is InChI=1S/C21H30N4O2S/c1-16-8-10-17(11-9-16)20-23-24-21(28)25(20)14-12-19(26)22-13-5-15-27-18-6-3-2-4-7-18/h8-11,18H,2-7,12-15H2,1H3,(H,22,26)(H,24,28). The molecule has 0 bridgehead atoms.